The average Bonchev–Trinajstić information content (AvgIpc) is 2.56. The third-order valence-corrected chi connectivity index (χ3v) is 4.74. The SMILES string of the molecule is Cc1ccc2c(CN[C@H](C)c3ccc(Cl)cc3)cc(=O)oc2c1C. The van der Waals surface area contributed by atoms with Gasteiger partial charge >= 0.3 is 5.63 Å². The van der Waals surface area contributed by atoms with E-state index in [0.29, 0.717) is 12.1 Å². The van der Waals surface area contributed by atoms with Gasteiger partial charge in [0.1, 0.15) is 5.58 Å². The van der Waals surface area contributed by atoms with E-state index in [4.69, 9.17) is 16.0 Å². The van der Waals surface area contributed by atoms with Crippen molar-refractivity contribution < 1.29 is 4.42 Å². The molecule has 0 spiro atoms. The van der Waals surface area contributed by atoms with Gasteiger partial charge in [0.2, 0.25) is 0 Å². The van der Waals surface area contributed by atoms with Crippen molar-refractivity contribution in [2.24, 2.45) is 0 Å². The molecule has 0 unspecified atom stereocenters. The molecule has 3 rings (SSSR count). The summed E-state index contributed by atoms with van der Waals surface area (Å²) in [7, 11) is 0. The molecule has 0 amide bonds. The van der Waals surface area contributed by atoms with Gasteiger partial charge in [-0.2, -0.15) is 0 Å². The molecule has 0 aliphatic carbocycles. The van der Waals surface area contributed by atoms with Gasteiger partial charge in [-0.3, -0.25) is 0 Å². The van der Waals surface area contributed by atoms with Gasteiger partial charge in [-0.05, 0) is 55.2 Å². The zero-order valence-corrected chi connectivity index (χ0v) is 14.8. The molecule has 4 heteroatoms. The first-order chi connectivity index (χ1) is 11.5. The van der Waals surface area contributed by atoms with Crippen LogP contribution in [0.4, 0.5) is 0 Å². The Balaban J connectivity index is 1.89. The van der Waals surface area contributed by atoms with Crippen LogP contribution in [0.1, 0.15) is 35.2 Å². The van der Waals surface area contributed by atoms with Gasteiger partial charge < -0.3 is 9.73 Å². The molecule has 3 aromatic rings. The Hall–Kier alpha value is -2.10. The van der Waals surface area contributed by atoms with Crippen LogP contribution in [0, 0.1) is 13.8 Å². The van der Waals surface area contributed by atoms with Gasteiger partial charge in [0.15, 0.2) is 0 Å². The van der Waals surface area contributed by atoms with E-state index >= 15 is 0 Å². The highest BCUT2D eigenvalue weighted by molar-refractivity contribution is 6.30. The van der Waals surface area contributed by atoms with E-state index in [2.05, 4.69) is 18.3 Å². The standard InChI is InChI=1S/C20H20ClNO2/c1-12-4-9-18-16(10-19(23)24-20(18)13(12)2)11-22-14(3)15-5-7-17(21)8-6-15/h4-10,14,22H,11H2,1-3H3/t14-/m1/s1. The Kier molecular flexibility index (Phi) is 4.74. The Morgan fingerprint density at radius 3 is 2.54 bits per heavy atom. The van der Waals surface area contributed by atoms with Gasteiger partial charge in [-0.15, -0.1) is 0 Å². The molecule has 0 fully saturated rings. The van der Waals surface area contributed by atoms with Crippen LogP contribution < -0.4 is 10.9 Å². The molecule has 0 bridgehead atoms. The summed E-state index contributed by atoms with van der Waals surface area (Å²) >= 11 is 5.93. The molecule has 124 valence electrons. The second kappa shape index (κ2) is 6.80. The van der Waals surface area contributed by atoms with Crippen LogP contribution in [-0.4, -0.2) is 0 Å². The Morgan fingerprint density at radius 1 is 1.12 bits per heavy atom. The molecule has 2 aromatic carbocycles. The van der Waals surface area contributed by atoms with Gasteiger partial charge in [0.05, 0.1) is 0 Å². The number of hydrogen-bond donors (Lipinski definition) is 1. The van der Waals surface area contributed by atoms with Crippen molar-refractivity contribution in [2.45, 2.75) is 33.4 Å². The summed E-state index contributed by atoms with van der Waals surface area (Å²) in [4.78, 5) is 11.9. The lowest BCUT2D eigenvalue weighted by Crippen LogP contribution is -2.19. The van der Waals surface area contributed by atoms with Crippen LogP contribution in [0.25, 0.3) is 11.0 Å². The molecule has 1 aromatic heterocycles. The van der Waals surface area contributed by atoms with Gasteiger partial charge in [-0.1, -0.05) is 35.9 Å². The fraction of sp³-hybridized carbons (Fsp3) is 0.250. The van der Waals surface area contributed by atoms with Crippen LogP contribution in [0.2, 0.25) is 5.02 Å². The molecule has 1 atom stereocenters. The van der Waals surface area contributed by atoms with Gasteiger partial charge in [0, 0.05) is 29.1 Å². The van der Waals surface area contributed by atoms with Gasteiger partial charge in [-0.25, -0.2) is 4.79 Å². The Bertz CT molecular complexity index is 929. The number of halogens is 1. The van der Waals surface area contributed by atoms with Crippen LogP contribution in [0.5, 0.6) is 0 Å². The number of aryl methyl sites for hydroxylation is 2. The molecule has 24 heavy (non-hydrogen) atoms. The number of hydrogen-bond acceptors (Lipinski definition) is 3. The highest BCUT2D eigenvalue weighted by Gasteiger charge is 2.11. The van der Waals surface area contributed by atoms with Crippen LogP contribution in [0.15, 0.2) is 51.7 Å². The third kappa shape index (κ3) is 3.37. The summed E-state index contributed by atoms with van der Waals surface area (Å²) in [6, 6.07) is 13.6. The van der Waals surface area contributed by atoms with E-state index in [1.54, 1.807) is 6.07 Å². The zero-order valence-electron chi connectivity index (χ0n) is 14.0. The first-order valence-corrected chi connectivity index (χ1v) is 8.35. The molecule has 1 N–H and O–H groups in total. The summed E-state index contributed by atoms with van der Waals surface area (Å²) < 4.78 is 5.42. The van der Waals surface area contributed by atoms with Crippen molar-refractivity contribution in [2.75, 3.05) is 0 Å². The third-order valence-electron chi connectivity index (χ3n) is 4.49. The predicted octanol–water partition coefficient (Wildman–Crippen LogP) is 4.91. The van der Waals surface area contributed by atoms with Crippen molar-refractivity contribution >= 4 is 22.6 Å². The van der Waals surface area contributed by atoms with Gasteiger partial charge in [0.25, 0.3) is 0 Å². The van der Waals surface area contributed by atoms with E-state index < -0.39 is 0 Å². The predicted molar refractivity (Wildman–Crippen MR) is 98.7 cm³/mol. The second-order valence-electron chi connectivity index (χ2n) is 6.13. The first kappa shape index (κ1) is 16.7. The quantitative estimate of drug-likeness (QED) is 0.685. The molecule has 3 nitrogen and oxygen atoms in total. The maximum atomic E-state index is 11.9. The number of rotatable bonds is 4. The minimum atomic E-state index is -0.313. The lowest BCUT2D eigenvalue weighted by molar-refractivity contribution is 0.545. The highest BCUT2D eigenvalue weighted by atomic mass is 35.5. The van der Waals surface area contributed by atoms with Crippen molar-refractivity contribution in [3.8, 4) is 0 Å². The molecular formula is C20H20ClNO2. The molecule has 0 aliphatic heterocycles. The molecule has 0 radical (unpaired) electrons. The second-order valence-corrected chi connectivity index (χ2v) is 6.57. The zero-order chi connectivity index (χ0) is 17.3. The maximum absolute atomic E-state index is 11.9. The average molecular weight is 342 g/mol. The lowest BCUT2D eigenvalue weighted by Gasteiger charge is -2.15. The van der Waals surface area contributed by atoms with Crippen LogP contribution in [0.3, 0.4) is 0 Å². The van der Waals surface area contributed by atoms with Crippen molar-refractivity contribution in [3.63, 3.8) is 0 Å². The monoisotopic (exact) mass is 341 g/mol. The molecule has 1 heterocycles. The molecular weight excluding hydrogens is 322 g/mol. The van der Waals surface area contributed by atoms with E-state index in [9.17, 15) is 4.79 Å². The van der Waals surface area contributed by atoms with Crippen LogP contribution >= 0.6 is 11.6 Å². The number of fused-ring (bicyclic) bond motifs is 1. The van der Waals surface area contributed by atoms with E-state index in [0.717, 1.165) is 32.7 Å². The summed E-state index contributed by atoms with van der Waals surface area (Å²) in [6.07, 6.45) is 0. The smallest absolute Gasteiger partial charge is 0.336 e. The van der Waals surface area contributed by atoms with Crippen molar-refractivity contribution in [3.05, 3.63) is 80.2 Å². The van der Waals surface area contributed by atoms with E-state index in [1.165, 1.54) is 0 Å². The maximum Gasteiger partial charge on any atom is 0.336 e. The number of benzene rings is 2. The minimum absolute atomic E-state index is 0.149. The van der Waals surface area contributed by atoms with E-state index in [1.807, 2.05) is 44.2 Å². The normalized spacial score (nSPS) is 12.5. The minimum Gasteiger partial charge on any atom is -0.422 e. The largest absolute Gasteiger partial charge is 0.422 e. The summed E-state index contributed by atoms with van der Waals surface area (Å²) in [5.41, 5.74) is 4.59. The summed E-state index contributed by atoms with van der Waals surface area (Å²) in [5.74, 6) is 0. The summed E-state index contributed by atoms with van der Waals surface area (Å²) in [6.45, 7) is 6.68. The first-order valence-electron chi connectivity index (χ1n) is 7.97. The number of nitrogens with one attached hydrogen (secondary N) is 1. The highest BCUT2D eigenvalue weighted by Crippen LogP contribution is 2.24. The van der Waals surface area contributed by atoms with Crippen molar-refractivity contribution in [1.29, 1.82) is 0 Å². The summed E-state index contributed by atoms with van der Waals surface area (Å²) in [5, 5.41) is 5.17. The fourth-order valence-electron chi connectivity index (χ4n) is 2.80. The molecule has 0 saturated carbocycles. The van der Waals surface area contributed by atoms with Crippen molar-refractivity contribution in [1.82, 2.24) is 5.32 Å². The Labute approximate surface area is 146 Å². The van der Waals surface area contributed by atoms with E-state index in [-0.39, 0.29) is 11.7 Å². The Morgan fingerprint density at radius 2 is 1.83 bits per heavy atom. The fourth-order valence-corrected chi connectivity index (χ4v) is 2.93. The molecule has 0 aliphatic rings. The lowest BCUT2D eigenvalue weighted by atomic mass is 10.0. The van der Waals surface area contributed by atoms with Crippen LogP contribution in [-0.2, 0) is 6.54 Å². The topological polar surface area (TPSA) is 42.2 Å². The molecule has 0 saturated heterocycles.